The van der Waals surface area contributed by atoms with E-state index in [0.717, 1.165) is 12.0 Å². The van der Waals surface area contributed by atoms with Gasteiger partial charge in [0.05, 0.1) is 0 Å². The number of aryl methyl sites for hydroxylation is 1. The molecular weight excluding hydrogens is 150 g/mol. The molecule has 0 radical (unpaired) electrons. The Labute approximate surface area is 71.8 Å². The van der Waals surface area contributed by atoms with Gasteiger partial charge in [-0.3, -0.25) is 4.79 Å². The molecule has 2 nitrogen and oxygen atoms in total. The summed E-state index contributed by atoms with van der Waals surface area (Å²) in [5.41, 5.74) is 1.30. The second-order valence-corrected chi connectivity index (χ2v) is 3.37. The van der Waals surface area contributed by atoms with Crippen LogP contribution in [0.2, 0.25) is 0 Å². The van der Waals surface area contributed by atoms with Crippen LogP contribution in [-0.2, 0) is 6.42 Å². The van der Waals surface area contributed by atoms with Crippen molar-refractivity contribution in [1.29, 1.82) is 0 Å². The standard InChI is InChI=1S/C10H13NO/c1-2-8-5-6-11(9-3-4-9)10(12)7-8/h5-7,9H,2-4H2,1H3. The first-order valence-electron chi connectivity index (χ1n) is 4.52. The van der Waals surface area contributed by atoms with Gasteiger partial charge in [0, 0.05) is 18.3 Å². The molecule has 12 heavy (non-hydrogen) atoms. The third kappa shape index (κ3) is 1.29. The van der Waals surface area contributed by atoms with Gasteiger partial charge < -0.3 is 4.57 Å². The molecule has 64 valence electrons. The van der Waals surface area contributed by atoms with Gasteiger partial charge >= 0.3 is 0 Å². The van der Waals surface area contributed by atoms with Crippen molar-refractivity contribution in [3.63, 3.8) is 0 Å². The fraction of sp³-hybridized carbons (Fsp3) is 0.500. The van der Waals surface area contributed by atoms with E-state index in [1.165, 1.54) is 12.8 Å². The summed E-state index contributed by atoms with van der Waals surface area (Å²) >= 11 is 0. The molecule has 2 heteroatoms. The Kier molecular flexibility index (Phi) is 1.75. The molecule has 0 N–H and O–H groups in total. The molecule has 0 aromatic carbocycles. The van der Waals surface area contributed by atoms with Crippen LogP contribution in [-0.4, -0.2) is 4.57 Å². The van der Waals surface area contributed by atoms with Crippen molar-refractivity contribution in [3.8, 4) is 0 Å². The number of aromatic nitrogens is 1. The number of hydrogen-bond donors (Lipinski definition) is 0. The summed E-state index contributed by atoms with van der Waals surface area (Å²) in [4.78, 5) is 11.4. The van der Waals surface area contributed by atoms with E-state index in [4.69, 9.17) is 0 Å². The summed E-state index contributed by atoms with van der Waals surface area (Å²) in [6.07, 6.45) is 5.22. The molecule has 1 saturated carbocycles. The van der Waals surface area contributed by atoms with Crippen LogP contribution in [0.5, 0.6) is 0 Å². The van der Waals surface area contributed by atoms with Crippen LogP contribution in [0.25, 0.3) is 0 Å². The van der Waals surface area contributed by atoms with Gasteiger partial charge in [-0.05, 0) is 30.9 Å². The third-order valence-electron chi connectivity index (χ3n) is 2.36. The highest BCUT2D eigenvalue weighted by molar-refractivity contribution is 5.11. The van der Waals surface area contributed by atoms with Gasteiger partial charge in [-0.1, -0.05) is 6.92 Å². The smallest absolute Gasteiger partial charge is 0.251 e. The van der Waals surface area contributed by atoms with Crippen molar-refractivity contribution in [3.05, 3.63) is 34.2 Å². The van der Waals surface area contributed by atoms with Crippen LogP contribution < -0.4 is 5.56 Å². The zero-order chi connectivity index (χ0) is 8.55. The van der Waals surface area contributed by atoms with Gasteiger partial charge in [-0.15, -0.1) is 0 Å². The quantitative estimate of drug-likeness (QED) is 0.651. The Bertz CT molecular complexity index is 336. The average Bonchev–Trinajstić information content (AvgIpc) is 2.87. The summed E-state index contributed by atoms with van der Waals surface area (Å²) in [6.45, 7) is 2.07. The molecule has 1 fully saturated rings. The average molecular weight is 163 g/mol. The Morgan fingerprint density at radius 1 is 1.58 bits per heavy atom. The van der Waals surface area contributed by atoms with Crippen molar-refractivity contribution < 1.29 is 0 Å². The highest BCUT2D eigenvalue weighted by Crippen LogP contribution is 2.33. The fourth-order valence-electron chi connectivity index (χ4n) is 1.41. The van der Waals surface area contributed by atoms with E-state index in [9.17, 15) is 4.79 Å². The Hall–Kier alpha value is -1.05. The maximum absolute atomic E-state index is 11.4. The molecule has 1 aliphatic carbocycles. The molecule has 0 atom stereocenters. The van der Waals surface area contributed by atoms with Crippen LogP contribution in [0.3, 0.4) is 0 Å². The summed E-state index contributed by atoms with van der Waals surface area (Å²) in [7, 11) is 0. The molecule has 0 spiro atoms. The van der Waals surface area contributed by atoms with E-state index in [0.29, 0.717) is 6.04 Å². The molecule has 0 bridgehead atoms. The zero-order valence-corrected chi connectivity index (χ0v) is 7.29. The van der Waals surface area contributed by atoms with Crippen molar-refractivity contribution in [2.45, 2.75) is 32.2 Å². The van der Waals surface area contributed by atoms with E-state index >= 15 is 0 Å². The molecule has 0 unspecified atom stereocenters. The Morgan fingerprint density at radius 3 is 2.83 bits per heavy atom. The highest BCUT2D eigenvalue weighted by Gasteiger charge is 2.23. The Morgan fingerprint density at radius 2 is 2.33 bits per heavy atom. The van der Waals surface area contributed by atoms with E-state index in [-0.39, 0.29) is 5.56 Å². The lowest BCUT2D eigenvalue weighted by molar-refractivity contribution is 0.704. The number of nitrogens with zero attached hydrogens (tertiary/aromatic N) is 1. The molecular formula is C10H13NO. The monoisotopic (exact) mass is 163 g/mol. The van der Waals surface area contributed by atoms with Gasteiger partial charge in [0.25, 0.3) is 5.56 Å². The molecule has 1 aliphatic rings. The van der Waals surface area contributed by atoms with Gasteiger partial charge in [-0.2, -0.15) is 0 Å². The number of rotatable bonds is 2. The van der Waals surface area contributed by atoms with E-state index in [1.807, 2.05) is 16.8 Å². The lowest BCUT2D eigenvalue weighted by Crippen LogP contribution is -2.17. The zero-order valence-electron chi connectivity index (χ0n) is 7.29. The number of hydrogen-bond acceptors (Lipinski definition) is 1. The fourth-order valence-corrected chi connectivity index (χ4v) is 1.41. The summed E-state index contributed by atoms with van der Waals surface area (Å²) < 4.78 is 1.85. The predicted octanol–water partition coefficient (Wildman–Crippen LogP) is 1.75. The largest absolute Gasteiger partial charge is 0.312 e. The van der Waals surface area contributed by atoms with Crippen molar-refractivity contribution in [2.75, 3.05) is 0 Å². The normalized spacial score (nSPS) is 16.4. The van der Waals surface area contributed by atoms with Crippen LogP contribution in [0.15, 0.2) is 23.1 Å². The van der Waals surface area contributed by atoms with E-state index in [1.54, 1.807) is 6.07 Å². The molecule has 2 rings (SSSR count). The Balaban J connectivity index is 2.39. The topological polar surface area (TPSA) is 22.0 Å². The van der Waals surface area contributed by atoms with Crippen LogP contribution in [0.1, 0.15) is 31.4 Å². The predicted molar refractivity (Wildman–Crippen MR) is 48.4 cm³/mol. The SMILES string of the molecule is CCc1ccn(C2CC2)c(=O)c1. The van der Waals surface area contributed by atoms with Gasteiger partial charge in [0.2, 0.25) is 0 Å². The summed E-state index contributed by atoms with van der Waals surface area (Å²) in [6, 6.07) is 4.29. The molecule has 1 aromatic heterocycles. The van der Waals surface area contributed by atoms with Crippen LogP contribution in [0.4, 0.5) is 0 Å². The first-order chi connectivity index (χ1) is 5.81. The second-order valence-electron chi connectivity index (χ2n) is 3.37. The van der Waals surface area contributed by atoms with Gasteiger partial charge in [-0.25, -0.2) is 0 Å². The van der Waals surface area contributed by atoms with Crippen LogP contribution in [0, 0.1) is 0 Å². The maximum atomic E-state index is 11.4. The van der Waals surface area contributed by atoms with Crippen molar-refractivity contribution >= 4 is 0 Å². The lowest BCUT2D eigenvalue weighted by Gasteiger charge is -2.02. The molecule has 0 saturated heterocycles. The minimum absolute atomic E-state index is 0.164. The first kappa shape index (κ1) is 7.59. The van der Waals surface area contributed by atoms with E-state index < -0.39 is 0 Å². The van der Waals surface area contributed by atoms with Crippen molar-refractivity contribution in [1.82, 2.24) is 4.57 Å². The first-order valence-corrected chi connectivity index (χ1v) is 4.52. The van der Waals surface area contributed by atoms with Gasteiger partial charge in [0.15, 0.2) is 0 Å². The minimum atomic E-state index is 0.164. The molecule has 0 aliphatic heterocycles. The molecule has 1 heterocycles. The number of pyridine rings is 1. The second kappa shape index (κ2) is 2.77. The summed E-state index contributed by atoms with van der Waals surface area (Å²) in [5, 5.41) is 0. The van der Waals surface area contributed by atoms with Gasteiger partial charge in [0.1, 0.15) is 0 Å². The molecule has 1 aromatic rings. The van der Waals surface area contributed by atoms with Crippen LogP contribution >= 0.6 is 0 Å². The third-order valence-corrected chi connectivity index (χ3v) is 2.36. The maximum Gasteiger partial charge on any atom is 0.251 e. The van der Waals surface area contributed by atoms with E-state index in [2.05, 4.69) is 6.92 Å². The summed E-state index contributed by atoms with van der Waals surface area (Å²) in [5.74, 6) is 0. The highest BCUT2D eigenvalue weighted by atomic mass is 16.1. The molecule has 0 amide bonds. The minimum Gasteiger partial charge on any atom is -0.312 e. The van der Waals surface area contributed by atoms with Crippen molar-refractivity contribution in [2.24, 2.45) is 0 Å². The lowest BCUT2D eigenvalue weighted by atomic mass is 10.2.